The lowest BCUT2D eigenvalue weighted by Crippen LogP contribution is -2.41. The number of nitrogens with zero attached hydrogens (tertiary/aromatic N) is 1. The quantitative estimate of drug-likeness (QED) is 0.611. The van der Waals surface area contributed by atoms with Gasteiger partial charge in [0.05, 0.1) is 5.92 Å². The van der Waals surface area contributed by atoms with Crippen LogP contribution in [0.1, 0.15) is 19.3 Å². The van der Waals surface area contributed by atoms with E-state index in [9.17, 15) is 4.79 Å². The number of hydrogen-bond acceptors (Lipinski definition) is 3. The summed E-state index contributed by atoms with van der Waals surface area (Å²) in [5.41, 5.74) is 4.04. The van der Waals surface area contributed by atoms with Crippen LogP contribution in [0, 0.1) is 5.92 Å². The van der Waals surface area contributed by atoms with Crippen molar-refractivity contribution in [1.29, 1.82) is 0 Å². The predicted molar refractivity (Wildman–Crippen MR) is 113 cm³/mol. The molecule has 0 bridgehead atoms. The monoisotopic (exact) mass is 377 g/mol. The number of aliphatic hydroxyl groups excluding tert-OH is 1. The van der Waals surface area contributed by atoms with Crippen molar-refractivity contribution >= 4 is 22.5 Å². The summed E-state index contributed by atoms with van der Waals surface area (Å²) < 4.78 is 0. The van der Waals surface area contributed by atoms with E-state index in [1.807, 2.05) is 30.3 Å². The van der Waals surface area contributed by atoms with E-state index in [0.717, 1.165) is 61.4 Å². The second-order valence-corrected chi connectivity index (χ2v) is 7.56. The summed E-state index contributed by atoms with van der Waals surface area (Å²) in [4.78, 5) is 18.5. The average Bonchev–Trinajstić information content (AvgIpc) is 3.17. The summed E-state index contributed by atoms with van der Waals surface area (Å²) in [6, 6.07) is 18.3. The van der Waals surface area contributed by atoms with Crippen molar-refractivity contribution in [3.05, 3.63) is 54.6 Å². The molecule has 2 aromatic carbocycles. The van der Waals surface area contributed by atoms with Gasteiger partial charge in [0, 0.05) is 47.5 Å². The maximum Gasteiger partial charge on any atom is 0.228 e. The van der Waals surface area contributed by atoms with Gasteiger partial charge in [-0.2, -0.15) is 0 Å². The minimum atomic E-state index is 0.00387. The Morgan fingerprint density at radius 2 is 2.07 bits per heavy atom. The standard InChI is InChI=1S/C23H27N3O2/c27-13-5-12-26-11-4-8-19(16-26)23(28)24-20-9-3-7-17(14-20)22-15-18-6-1-2-10-21(18)25-22/h1-3,6-7,9-10,14-15,19,25,27H,4-5,8,11-13,16H2,(H,24,28). The average molecular weight is 377 g/mol. The minimum Gasteiger partial charge on any atom is -0.396 e. The molecule has 1 atom stereocenters. The molecule has 3 N–H and O–H groups in total. The lowest BCUT2D eigenvalue weighted by Gasteiger charge is -2.31. The maximum absolute atomic E-state index is 12.8. The first-order chi connectivity index (χ1) is 13.7. The number of piperidine rings is 1. The van der Waals surface area contributed by atoms with E-state index in [4.69, 9.17) is 5.11 Å². The molecule has 1 aromatic heterocycles. The zero-order valence-corrected chi connectivity index (χ0v) is 16.0. The molecule has 5 heteroatoms. The first-order valence-electron chi connectivity index (χ1n) is 10.1. The fourth-order valence-electron chi connectivity index (χ4n) is 4.00. The molecule has 1 aliphatic heterocycles. The molecule has 0 radical (unpaired) electrons. The van der Waals surface area contributed by atoms with Crippen molar-refractivity contribution in [2.24, 2.45) is 5.92 Å². The van der Waals surface area contributed by atoms with Crippen LogP contribution in [0.5, 0.6) is 0 Å². The third-order valence-electron chi connectivity index (χ3n) is 5.48. The van der Waals surface area contributed by atoms with E-state index in [0.29, 0.717) is 0 Å². The second-order valence-electron chi connectivity index (χ2n) is 7.56. The summed E-state index contributed by atoms with van der Waals surface area (Å²) in [6.45, 7) is 2.84. The normalized spacial score (nSPS) is 17.7. The number of fused-ring (bicyclic) bond motifs is 1. The molecule has 3 aromatic rings. The molecule has 0 spiro atoms. The summed E-state index contributed by atoms with van der Waals surface area (Å²) in [7, 11) is 0. The number of H-pyrrole nitrogens is 1. The number of anilines is 1. The molecule has 28 heavy (non-hydrogen) atoms. The highest BCUT2D eigenvalue weighted by Gasteiger charge is 2.25. The summed E-state index contributed by atoms with van der Waals surface area (Å²) in [5, 5.41) is 13.3. The Balaban J connectivity index is 1.45. The van der Waals surface area contributed by atoms with Crippen LogP contribution in [0.15, 0.2) is 54.6 Å². The van der Waals surface area contributed by atoms with Gasteiger partial charge in [0.2, 0.25) is 5.91 Å². The number of rotatable bonds is 6. The fraction of sp³-hybridized carbons (Fsp3) is 0.348. The highest BCUT2D eigenvalue weighted by Crippen LogP contribution is 2.26. The Labute approximate surface area is 165 Å². The van der Waals surface area contributed by atoms with Crippen molar-refractivity contribution in [2.75, 3.05) is 31.6 Å². The topological polar surface area (TPSA) is 68.4 Å². The van der Waals surface area contributed by atoms with Crippen LogP contribution < -0.4 is 5.32 Å². The maximum atomic E-state index is 12.8. The van der Waals surface area contributed by atoms with Crippen LogP contribution in [-0.2, 0) is 4.79 Å². The van der Waals surface area contributed by atoms with Gasteiger partial charge in [0.15, 0.2) is 0 Å². The van der Waals surface area contributed by atoms with Crippen molar-refractivity contribution < 1.29 is 9.90 Å². The van der Waals surface area contributed by atoms with E-state index >= 15 is 0 Å². The predicted octanol–water partition coefficient (Wildman–Crippen LogP) is 3.87. The van der Waals surface area contributed by atoms with Crippen LogP contribution in [0.4, 0.5) is 5.69 Å². The van der Waals surface area contributed by atoms with Gasteiger partial charge in [-0.3, -0.25) is 4.79 Å². The van der Waals surface area contributed by atoms with Gasteiger partial charge < -0.3 is 20.3 Å². The molecule has 1 unspecified atom stereocenters. The van der Waals surface area contributed by atoms with Crippen molar-refractivity contribution in [3.63, 3.8) is 0 Å². The molecule has 1 amide bonds. The highest BCUT2D eigenvalue weighted by molar-refractivity contribution is 5.94. The molecular formula is C23H27N3O2. The van der Waals surface area contributed by atoms with Gasteiger partial charge in [-0.25, -0.2) is 0 Å². The molecule has 1 aliphatic rings. The number of nitrogens with one attached hydrogen (secondary N) is 2. The highest BCUT2D eigenvalue weighted by atomic mass is 16.3. The first kappa shape index (κ1) is 18.7. The number of aromatic amines is 1. The van der Waals surface area contributed by atoms with Crippen LogP contribution in [0.2, 0.25) is 0 Å². The molecule has 146 valence electrons. The molecular weight excluding hydrogens is 350 g/mol. The number of aliphatic hydroxyl groups is 1. The zero-order valence-electron chi connectivity index (χ0n) is 16.0. The Morgan fingerprint density at radius 3 is 2.93 bits per heavy atom. The Hall–Kier alpha value is -2.63. The van der Waals surface area contributed by atoms with Crippen LogP contribution in [-0.4, -0.2) is 47.1 Å². The van der Waals surface area contributed by atoms with Gasteiger partial charge in [-0.05, 0) is 50.1 Å². The van der Waals surface area contributed by atoms with Crippen LogP contribution >= 0.6 is 0 Å². The summed E-state index contributed by atoms with van der Waals surface area (Å²) in [6.07, 6.45) is 2.71. The lowest BCUT2D eigenvalue weighted by molar-refractivity contribution is -0.121. The smallest absolute Gasteiger partial charge is 0.228 e. The Bertz CT molecular complexity index is 917. The number of benzene rings is 2. The van der Waals surface area contributed by atoms with Crippen molar-refractivity contribution in [3.8, 4) is 11.3 Å². The molecule has 0 saturated carbocycles. The lowest BCUT2D eigenvalue weighted by atomic mass is 9.97. The summed E-state index contributed by atoms with van der Waals surface area (Å²) in [5.74, 6) is 0.0895. The zero-order chi connectivity index (χ0) is 19.3. The number of likely N-dealkylation sites (tertiary alicyclic amines) is 1. The van der Waals surface area contributed by atoms with Crippen molar-refractivity contribution in [1.82, 2.24) is 9.88 Å². The van der Waals surface area contributed by atoms with Gasteiger partial charge in [-0.1, -0.05) is 30.3 Å². The molecule has 2 heterocycles. The van der Waals surface area contributed by atoms with E-state index in [1.54, 1.807) is 0 Å². The molecule has 1 saturated heterocycles. The van der Waals surface area contributed by atoms with Gasteiger partial charge in [0.25, 0.3) is 0 Å². The summed E-state index contributed by atoms with van der Waals surface area (Å²) >= 11 is 0. The minimum absolute atomic E-state index is 0.00387. The number of carbonyl (C=O) groups is 1. The Morgan fingerprint density at radius 1 is 1.18 bits per heavy atom. The first-order valence-corrected chi connectivity index (χ1v) is 10.1. The van der Waals surface area contributed by atoms with E-state index in [1.165, 1.54) is 5.39 Å². The second kappa shape index (κ2) is 8.59. The largest absolute Gasteiger partial charge is 0.396 e. The third kappa shape index (κ3) is 4.26. The SMILES string of the molecule is O=C(Nc1cccc(-c2cc3ccccc3[nH]2)c1)C1CCCN(CCCO)C1. The molecule has 4 rings (SSSR count). The van der Waals surface area contributed by atoms with E-state index < -0.39 is 0 Å². The number of hydrogen-bond donors (Lipinski definition) is 3. The Kier molecular flexibility index (Phi) is 5.74. The number of para-hydroxylation sites is 1. The van der Waals surface area contributed by atoms with Gasteiger partial charge in [-0.15, -0.1) is 0 Å². The van der Waals surface area contributed by atoms with Crippen LogP contribution in [0.3, 0.4) is 0 Å². The van der Waals surface area contributed by atoms with E-state index in [-0.39, 0.29) is 18.4 Å². The van der Waals surface area contributed by atoms with Gasteiger partial charge >= 0.3 is 0 Å². The van der Waals surface area contributed by atoms with Crippen LogP contribution in [0.25, 0.3) is 22.2 Å². The fourth-order valence-corrected chi connectivity index (χ4v) is 4.00. The number of carbonyl (C=O) groups excluding carboxylic acids is 1. The molecule has 0 aliphatic carbocycles. The molecule has 1 fully saturated rings. The van der Waals surface area contributed by atoms with Crippen molar-refractivity contribution in [2.45, 2.75) is 19.3 Å². The van der Waals surface area contributed by atoms with Gasteiger partial charge in [0.1, 0.15) is 0 Å². The number of amides is 1. The number of aromatic nitrogens is 1. The molecule has 5 nitrogen and oxygen atoms in total. The third-order valence-corrected chi connectivity index (χ3v) is 5.48. The van der Waals surface area contributed by atoms with E-state index in [2.05, 4.69) is 39.5 Å².